The molecule has 0 N–H and O–H groups in total. The van der Waals surface area contributed by atoms with Gasteiger partial charge in [-0.05, 0) is 104 Å². The largest absolute Gasteiger partial charge is 0.301 e. The monoisotopic (exact) mass is 462 g/mol. The van der Waals surface area contributed by atoms with Crippen LogP contribution in [0.25, 0.3) is 0 Å². The Kier molecular flexibility index (Phi) is 7.46. The van der Waals surface area contributed by atoms with E-state index in [-0.39, 0.29) is 11.9 Å². The minimum absolute atomic E-state index is 0.0583. The fourth-order valence-electron chi connectivity index (χ4n) is 6.73. The summed E-state index contributed by atoms with van der Waals surface area (Å²) in [6.07, 6.45) is 11.4. The lowest BCUT2D eigenvalue weighted by Crippen LogP contribution is -2.33. The molecule has 2 aromatic carbocycles. The summed E-state index contributed by atoms with van der Waals surface area (Å²) in [5.41, 5.74) is 6.45. The summed E-state index contributed by atoms with van der Waals surface area (Å²) in [7, 11) is 0. The van der Waals surface area contributed by atoms with E-state index in [0.717, 1.165) is 50.6 Å². The molecule has 2 aliphatic heterocycles. The maximum atomic E-state index is 13.5. The molecule has 1 saturated carbocycles. The molecule has 5 rings (SSSR count). The molecule has 1 aliphatic carbocycles. The van der Waals surface area contributed by atoms with E-state index < -0.39 is 0 Å². The number of carbonyl (C=O) groups excluding carboxylic acids is 1. The van der Waals surface area contributed by atoms with E-state index in [1.807, 2.05) is 6.07 Å². The number of fused-ring (bicyclic) bond motifs is 1. The molecule has 1 unspecified atom stereocenters. The van der Waals surface area contributed by atoms with Crippen LogP contribution in [0.1, 0.15) is 78.8 Å². The van der Waals surface area contributed by atoms with Gasteiger partial charge in [0.1, 0.15) is 12.1 Å². The molecule has 0 bridgehead atoms. The van der Waals surface area contributed by atoms with Gasteiger partial charge < -0.3 is 4.79 Å². The van der Waals surface area contributed by atoms with Crippen molar-refractivity contribution < 1.29 is 9.18 Å². The fourth-order valence-corrected chi connectivity index (χ4v) is 6.73. The second-order valence-electron chi connectivity index (χ2n) is 11.1. The maximum absolute atomic E-state index is 13.5. The number of aldehydes is 1. The number of rotatable bonds is 7. The summed E-state index contributed by atoms with van der Waals surface area (Å²) in [5.74, 6) is 1.30. The first kappa shape index (κ1) is 23.7. The lowest BCUT2D eigenvalue weighted by atomic mass is 9.87. The van der Waals surface area contributed by atoms with Crippen LogP contribution >= 0.6 is 0 Å². The van der Waals surface area contributed by atoms with Gasteiger partial charge in [-0.1, -0.05) is 43.5 Å². The van der Waals surface area contributed by atoms with Gasteiger partial charge in [0, 0.05) is 19.6 Å². The van der Waals surface area contributed by atoms with E-state index in [4.69, 9.17) is 0 Å². The Hall–Kier alpha value is -2.04. The Bertz CT molecular complexity index is 991. The van der Waals surface area contributed by atoms with Crippen molar-refractivity contribution in [3.05, 3.63) is 70.0 Å². The smallest absolute Gasteiger partial charge is 0.141 e. The molecule has 0 radical (unpaired) electrons. The van der Waals surface area contributed by atoms with Crippen LogP contribution in [0.2, 0.25) is 0 Å². The van der Waals surface area contributed by atoms with Gasteiger partial charge in [0.25, 0.3) is 0 Å². The van der Waals surface area contributed by atoms with Gasteiger partial charge in [0.2, 0.25) is 0 Å². The number of piperidine rings is 1. The minimum Gasteiger partial charge on any atom is -0.301 e. The van der Waals surface area contributed by atoms with Crippen LogP contribution in [0.3, 0.4) is 0 Å². The van der Waals surface area contributed by atoms with Gasteiger partial charge in [0.05, 0.1) is 6.04 Å². The Morgan fingerprint density at radius 2 is 1.76 bits per heavy atom. The second-order valence-corrected chi connectivity index (χ2v) is 11.1. The molecule has 2 fully saturated rings. The number of halogens is 1. The Morgan fingerprint density at radius 3 is 2.50 bits per heavy atom. The van der Waals surface area contributed by atoms with E-state index in [9.17, 15) is 9.18 Å². The van der Waals surface area contributed by atoms with Crippen molar-refractivity contribution in [2.45, 2.75) is 77.4 Å². The quantitative estimate of drug-likeness (QED) is 0.456. The van der Waals surface area contributed by atoms with Crippen LogP contribution < -0.4 is 0 Å². The molecule has 0 aromatic heterocycles. The van der Waals surface area contributed by atoms with Gasteiger partial charge in [-0.25, -0.2) is 4.39 Å². The average molecular weight is 463 g/mol. The molecule has 3 aliphatic rings. The van der Waals surface area contributed by atoms with Gasteiger partial charge >= 0.3 is 0 Å². The zero-order valence-electron chi connectivity index (χ0n) is 20.6. The van der Waals surface area contributed by atoms with E-state index in [1.54, 1.807) is 12.1 Å². The molecule has 2 heterocycles. The molecule has 182 valence electrons. The van der Waals surface area contributed by atoms with Crippen molar-refractivity contribution in [1.29, 1.82) is 0 Å². The van der Waals surface area contributed by atoms with Crippen molar-refractivity contribution in [1.82, 2.24) is 9.80 Å². The fraction of sp³-hybridized carbons (Fsp3) is 0.567. The molecule has 4 heteroatoms. The Balaban J connectivity index is 1.19. The van der Waals surface area contributed by atoms with Crippen molar-refractivity contribution in [2.75, 3.05) is 19.6 Å². The third-order valence-corrected chi connectivity index (χ3v) is 8.47. The first-order valence-electron chi connectivity index (χ1n) is 13.4. The van der Waals surface area contributed by atoms with Crippen LogP contribution in [-0.2, 0) is 24.3 Å². The first-order valence-corrected chi connectivity index (χ1v) is 13.4. The normalized spacial score (nSPS) is 22.7. The molecule has 2 aromatic rings. The number of nitrogens with zero attached hydrogens (tertiary/aromatic N) is 2. The third-order valence-electron chi connectivity index (χ3n) is 8.47. The van der Waals surface area contributed by atoms with Gasteiger partial charge in [-0.3, -0.25) is 9.80 Å². The molecule has 1 atom stereocenters. The van der Waals surface area contributed by atoms with Crippen LogP contribution in [0.15, 0.2) is 36.4 Å². The molecule has 34 heavy (non-hydrogen) atoms. The third kappa shape index (κ3) is 5.44. The molecule has 3 nitrogen and oxygen atoms in total. The predicted molar refractivity (Wildman–Crippen MR) is 135 cm³/mol. The number of hydrogen-bond donors (Lipinski definition) is 0. The number of likely N-dealkylation sites (tertiary alicyclic amines) is 1. The summed E-state index contributed by atoms with van der Waals surface area (Å²) >= 11 is 0. The van der Waals surface area contributed by atoms with Gasteiger partial charge in [-0.2, -0.15) is 0 Å². The average Bonchev–Trinajstić information content (AvgIpc) is 3.18. The Morgan fingerprint density at radius 1 is 0.971 bits per heavy atom. The van der Waals surface area contributed by atoms with Crippen LogP contribution in [0.5, 0.6) is 0 Å². The van der Waals surface area contributed by atoms with E-state index >= 15 is 0 Å². The number of hydrogen-bond acceptors (Lipinski definition) is 3. The first-order chi connectivity index (χ1) is 16.6. The lowest BCUT2D eigenvalue weighted by Gasteiger charge is -2.32. The van der Waals surface area contributed by atoms with E-state index in [0.29, 0.717) is 5.92 Å². The number of carbonyl (C=O) groups is 1. The van der Waals surface area contributed by atoms with E-state index in [1.165, 1.54) is 79.6 Å². The van der Waals surface area contributed by atoms with Crippen molar-refractivity contribution in [3.8, 4) is 0 Å². The van der Waals surface area contributed by atoms with Gasteiger partial charge in [0.15, 0.2) is 0 Å². The standard InChI is InChI=1S/C30H39FN2O/c1-22-14-26(15-23-10-12-32(13-11-23)18-25-8-5-9-28(31)17-25)16-27-20-33(29(21-34)30(22)27)19-24-6-3-2-4-7-24/h5,8-9,14,16-17,21,23-24,29H,2-4,6-7,10-13,15,18-20H2,1H3. The second kappa shape index (κ2) is 10.7. The van der Waals surface area contributed by atoms with E-state index in [2.05, 4.69) is 28.9 Å². The highest BCUT2D eigenvalue weighted by atomic mass is 19.1. The summed E-state index contributed by atoms with van der Waals surface area (Å²) in [6, 6.07) is 11.7. The highest BCUT2D eigenvalue weighted by Crippen LogP contribution is 2.38. The number of benzene rings is 2. The molecule has 0 amide bonds. The SMILES string of the molecule is Cc1cc(CC2CCN(Cc3cccc(F)c3)CC2)cc2c1C(C=O)N(CC1CCCCC1)C2. The van der Waals surface area contributed by atoms with Crippen molar-refractivity contribution >= 4 is 6.29 Å². The minimum atomic E-state index is -0.145. The topological polar surface area (TPSA) is 23.6 Å². The van der Waals surface area contributed by atoms with Gasteiger partial charge in [-0.15, -0.1) is 0 Å². The van der Waals surface area contributed by atoms with Crippen LogP contribution in [-0.4, -0.2) is 35.7 Å². The summed E-state index contributed by atoms with van der Waals surface area (Å²) in [5, 5.41) is 0. The van der Waals surface area contributed by atoms with Crippen molar-refractivity contribution in [2.24, 2.45) is 11.8 Å². The van der Waals surface area contributed by atoms with Crippen LogP contribution in [0, 0.1) is 24.6 Å². The van der Waals surface area contributed by atoms with Crippen molar-refractivity contribution in [3.63, 3.8) is 0 Å². The van der Waals surface area contributed by atoms with Crippen LogP contribution in [0.4, 0.5) is 4.39 Å². The zero-order chi connectivity index (χ0) is 23.5. The summed E-state index contributed by atoms with van der Waals surface area (Å²) in [6.45, 7) is 7.19. The summed E-state index contributed by atoms with van der Waals surface area (Å²) in [4.78, 5) is 17.0. The highest BCUT2D eigenvalue weighted by molar-refractivity contribution is 5.66. The Labute approximate surface area is 204 Å². The zero-order valence-corrected chi connectivity index (χ0v) is 20.6. The molecule has 1 saturated heterocycles. The highest BCUT2D eigenvalue weighted by Gasteiger charge is 2.33. The predicted octanol–water partition coefficient (Wildman–Crippen LogP) is 6.22. The number of aryl methyl sites for hydroxylation is 1. The summed E-state index contributed by atoms with van der Waals surface area (Å²) < 4.78 is 13.5. The maximum Gasteiger partial charge on any atom is 0.141 e. The molecular formula is C30H39FN2O. The molecule has 0 spiro atoms. The lowest BCUT2D eigenvalue weighted by molar-refractivity contribution is -0.112. The molecular weight excluding hydrogens is 423 g/mol.